The first-order chi connectivity index (χ1) is 11.1. The Morgan fingerprint density at radius 3 is 3.00 bits per heavy atom. The number of fused-ring (bicyclic) bond motifs is 1. The highest BCUT2D eigenvalue weighted by Gasteiger charge is 2.37. The van der Waals surface area contributed by atoms with Gasteiger partial charge in [0.15, 0.2) is 0 Å². The predicted molar refractivity (Wildman–Crippen MR) is 96.5 cm³/mol. The number of rotatable bonds is 1. The molecule has 0 saturated carbocycles. The summed E-state index contributed by atoms with van der Waals surface area (Å²) >= 11 is 1.95. The molecule has 1 aromatic carbocycles. The second-order valence-corrected chi connectivity index (χ2v) is 8.36. The molecule has 0 fully saturated rings. The molecule has 1 aromatic rings. The first-order valence-electron chi connectivity index (χ1n) is 8.24. The molecule has 2 nitrogen and oxygen atoms in total. The SMILES string of the molecule is CC1(C)C=C2C(=NC3=C(SCC3)C2c2cccc(C#N)c2)CC1. The molecule has 0 N–H and O–H groups in total. The molecule has 0 aromatic heterocycles. The molecule has 0 spiro atoms. The van der Waals surface area contributed by atoms with Gasteiger partial charge in [-0.2, -0.15) is 5.26 Å². The van der Waals surface area contributed by atoms with Gasteiger partial charge in [0.05, 0.1) is 17.3 Å². The van der Waals surface area contributed by atoms with Gasteiger partial charge in [0.2, 0.25) is 0 Å². The van der Waals surface area contributed by atoms with Gasteiger partial charge in [0.1, 0.15) is 0 Å². The third kappa shape index (κ3) is 2.56. The third-order valence-electron chi connectivity index (χ3n) is 4.96. The summed E-state index contributed by atoms with van der Waals surface area (Å²) in [5.74, 6) is 1.41. The third-order valence-corrected chi connectivity index (χ3v) is 6.15. The van der Waals surface area contributed by atoms with E-state index in [2.05, 4.69) is 38.1 Å². The Kier molecular flexibility index (Phi) is 3.46. The van der Waals surface area contributed by atoms with E-state index in [1.165, 1.54) is 27.5 Å². The smallest absolute Gasteiger partial charge is 0.0991 e. The average Bonchev–Trinajstić information content (AvgIpc) is 3.00. The van der Waals surface area contributed by atoms with E-state index in [0.717, 1.165) is 30.6 Å². The molecular formula is C20H20N2S. The van der Waals surface area contributed by atoms with Gasteiger partial charge in [-0.3, -0.25) is 4.99 Å². The number of allylic oxidation sites excluding steroid dienone is 4. The van der Waals surface area contributed by atoms with Gasteiger partial charge >= 0.3 is 0 Å². The zero-order chi connectivity index (χ0) is 16.0. The zero-order valence-corrected chi connectivity index (χ0v) is 14.4. The summed E-state index contributed by atoms with van der Waals surface area (Å²) in [6.45, 7) is 4.62. The molecule has 116 valence electrons. The van der Waals surface area contributed by atoms with Crippen LogP contribution >= 0.6 is 11.8 Å². The first-order valence-corrected chi connectivity index (χ1v) is 9.22. The molecule has 0 bridgehead atoms. The molecule has 0 amide bonds. The molecule has 2 heterocycles. The molecule has 2 aliphatic heterocycles. The van der Waals surface area contributed by atoms with E-state index in [9.17, 15) is 5.26 Å². The fourth-order valence-electron chi connectivity index (χ4n) is 3.78. The molecular weight excluding hydrogens is 300 g/mol. The van der Waals surface area contributed by atoms with E-state index < -0.39 is 0 Å². The Labute approximate surface area is 142 Å². The minimum atomic E-state index is 0.223. The van der Waals surface area contributed by atoms with Gasteiger partial charge in [-0.15, -0.1) is 11.8 Å². The van der Waals surface area contributed by atoms with Crippen LogP contribution in [0.5, 0.6) is 0 Å². The Bertz CT molecular complexity index is 805. The second-order valence-electron chi connectivity index (χ2n) is 7.23. The maximum absolute atomic E-state index is 9.26. The predicted octanol–water partition coefficient (Wildman–Crippen LogP) is 5.19. The van der Waals surface area contributed by atoms with Crippen LogP contribution in [0.2, 0.25) is 0 Å². The van der Waals surface area contributed by atoms with Gasteiger partial charge in [-0.25, -0.2) is 0 Å². The number of hydrogen-bond donors (Lipinski definition) is 0. The zero-order valence-electron chi connectivity index (χ0n) is 13.6. The van der Waals surface area contributed by atoms with E-state index in [-0.39, 0.29) is 11.3 Å². The van der Waals surface area contributed by atoms with Crippen molar-refractivity contribution < 1.29 is 0 Å². The summed E-state index contributed by atoms with van der Waals surface area (Å²) in [7, 11) is 0. The molecule has 3 heteroatoms. The van der Waals surface area contributed by atoms with E-state index in [1.807, 2.05) is 23.9 Å². The summed E-state index contributed by atoms with van der Waals surface area (Å²) in [5, 5.41) is 9.26. The van der Waals surface area contributed by atoms with Crippen LogP contribution in [0.4, 0.5) is 0 Å². The Morgan fingerprint density at radius 2 is 2.17 bits per heavy atom. The number of aliphatic imine (C=N–C) groups is 1. The highest BCUT2D eigenvalue weighted by atomic mass is 32.2. The molecule has 23 heavy (non-hydrogen) atoms. The normalized spacial score (nSPS) is 25.2. The van der Waals surface area contributed by atoms with E-state index >= 15 is 0 Å². The lowest BCUT2D eigenvalue weighted by Gasteiger charge is -2.35. The summed E-state index contributed by atoms with van der Waals surface area (Å²) in [5.41, 5.74) is 6.15. The van der Waals surface area contributed by atoms with Crippen LogP contribution in [0.15, 0.2) is 51.5 Å². The number of nitriles is 1. The maximum Gasteiger partial charge on any atom is 0.0991 e. The van der Waals surface area contributed by atoms with Crippen molar-refractivity contribution in [3.63, 3.8) is 0 Å². The van der Waals surface area contributed by atoms with Crippen LogP contribution in [0.3, 0.4) is 0 Å². The number of nitrogens with zero attached hydrogens (tertiary/aromatic N) is 2. The number of thioether (sulfide) groups is 1. The van der Waals surface area contributed by atoms with Crippen molar-refractivity contribution in [1.29, 1.82) is 5.26 Å². The van der Waals surface area contributed by atoms with Crippen LogP contribution in [-0.2, 0) is 0 Å². The van der Waals surface area contributed by atoms with Crippen molar-refractivity contribution in [1.82, 2.24) is 0 Å². The monoisotopic (exact) mass is 320 g/mol. The molecule has 3 aliphatic rings. The minimum Gasteiger partial charge on any atom is -0.257 e. The van der Waals surface area contributed by atoms with Crippen LogP contribution in [0.25, 0.3) is 0 Å². The van der Waals surface area contributed by atoms with E-state index in [0.29, 0.717) is 0 Å². The molecule has 0 radical (unpaired) electrons. The van der Waals surface area contributed by atoms with Crippen LogP contribution < -0.4 is 0 Å². The standard InChI is InChI=1S/C20H20N2S/c1-20(2)8-6-16-15(11-20)18(19-17(22-16)7-9-23-19)14-5-3-4-13(10-14)12-21/h3-5,10-11,18H,6-9H2,1-2H3. The van der Waals surface area contributed by atoms with Crippen LogP contribution in [0.1, 0.15) is 50.2 Å². The summed E-state index contributed by atoms with van der Waals surface area (Å²) in [6, 6.07) is 10.4. The molecule has 4 rings (SSSR count). The topological polar surface area (TPSA) is 36.1 Å². The van der Waals surface area contributed by atoms with Gasteiger partial charge in [0.25, 0.3) is 0 Å². The van der Waals surface area contributed by atoms with Crippen molar-refractivity contribution in [2.45, 2.75) is 39.0 Å². The summed E-state index contributed by atoms with van der Waals surface area (Å²) < 4.78 is 0. The summed E-state index contributed by atoms with van der Waals surface area (Å²) in [4.78, 5) is 6.40. The van der Waals surface area contributed by atoms with Crippen molar-refractivity contribution in [3.05, 3.63) is 57.6 Å². The highest BCUT2D eigenvalue weighted by Crippen LogP contribution is 2.51. The van der Waals surface area contributed by atoms with Gasteiger partial charge < -0.3 is 0 Å². The van der Waals surface area contributed by atoms with Crippen molar-refractivity contribution in [2.24, 2.45) is 10.4 Å². The van der Waals surface area contributed by atoms with Crippen molar-refractivity contribution in [3.8, 4) is 6.07 Å². The maximum atomic E-state index is 9.26. The second kappa shape index (κ2) is 5.39. The fourth-order valence-corrected chi connectivity index (χ4v) is 5.04. The molecule has 0 saturated heterocycles. The quantitative estimate of drug-likeness (QED) is 0.714. The van der Waals surface area contributed by atoms with Crippen molar-refractivity contribution in [2.75, 3.05) is 5.75 Å². The lowest BCUT2D eigenvalue weighted by atomic mass is 9.72. The Hall–Kier alpha value is -1.79. The van der Waals surface area contributed by atoms with Gasteiger partial charge in [-0.1, -0.05) is 32.1 Å². The fraction of sp³-hybridized carbons (Fsp3) is 0.400. The highest BCUT2D eigenvalue weighted by molar-refractivity contribution is 8.03. The van der Waals surface area contributed by atoms with E-state index in [1.54, 1.807) is 0 Å². The molecule has 1 unspecified atom stereocenters. The minimum absolute atomic E-state index is 0.223. The Morgan fingerprint density at radius 1 is 1.30 bits per heavy atom. The van der Waals surface area contributed by atoms with Gasteiger partial charge in [0, 0.05) is 22.3 Å². The van der Waals surface area contributed by atoms with Crippen molar-refractivity contribution >= 4 is 17.5 Å². The molecule has 1 atom stereocenters. The number of benzene rings is 1. The van der Waals surface area contributed by atoms with Crippen LogP contribution in [0, 0.1) is 16.7 Å². The summed E-state index contributed by atoms with van der Waals surface area (Å²) in [6.07, 6.45) is 5.74. The Balaban J connectivity index is 1.89. The average molecular weight is 320 g/mol. The number of hydrogen-bond acceptors (Lipinski definition) is 3. The van der Waals surface area contributed by atoms with E-state index in [4.69, 9.17) is 4.99 Å². The lowest BCUT2D eigenvalue weighted by molar-refractivity contribution is 0.435. The van der Waals surface area contributed by atoms with Gasteiger partial charge in [-0.05, 0) is 47.9 Å². The first kappa shape index (κ1) is 14.8. The van der Waals surface area contributed by atoms with Crippen LogP contribution in [-0.4, -0.2) is 11.5 Å². The molecule has 1 aliphatic carbocycles. The largest absolute Gasteiger partial charge is 0.257 e. The lowest BCUT2D eigenvalue weighted by Crippen LogP contribution is -2.26.